The summed E-state index contributed by atoms with van der Waals surface area (Å²) in [5.74, 6) is 1.26. The van der Waals surface area contributed by atoms with E-state index in [2.05, 4.69) is 10.3 Å². The van der Waals surface area contributed by atoms with Crippen LogP contribution >= 0.6 is 0 Å². The molecule has 3 heterocycles. The molecule has 7 nitrogen and oxygen atoms in total. The van der Waals surface area contributed by atoms with Crippen LogP contribution < -0.4 is 4.74 Å². The van der Waals surface area contributed by atoms with E-state index in [1.54, 1.807) is 11.8 Å². The number of nitrogens with zero attached hydrogens (tertiary/aromatic N) is 4. The Balaban J connectivity index is 1.93. The molecular formula is C18H26N4O3. The van der Waals surface area contributed by atoms with E-state index < -0.39 is 0 Å². The zero-order chi connectivity index (χ0) is 18.3. The lowest BCUT2D eigenvalue weighted by molar-refractivity contribution is -0.133. The van der Waals surface area contributed by atoms with Crippen LogP contribution in [0.2, 0.25) is 0 Å². The molecule has 0 radical (unpaired) electrons. The van der Waals surface area contributed by atoms with Crippen molar-refractivity contribution in [2.45, 2.75) is 52.5 Å². The molecule has 1 fully saturated rings. The average molecular weight is 346 g/mol. The number of hydrogen-bond acceptors (Lipinski definition) is 5. The van der Waals surface area contributed by atoms with Crippen LogP contribution in [-0.4, -0.2) is 39.4 Å². The molecule has 1 aliphatic rings. The van der Waals surface area contributed by atoms with Crippen molar-refractivity contribution in [3.05, 3.63) is 28.3 Å². The van der Waals surface area contributed by atoms with E-state index in [0.717, 1.165) is 47.8 Å². The van der Waals surface area contributed by atoms with Gasteiger partial charge in [0.2, 0.25) is 11.8 Å². The second-order valence-electron chi connectivity index (χ2n) is 6.78. The highest BCUT2D eigenvalue weighted by Gasteiger charge is 2.38. The second kappa shape index (κ2) is 6.54. The topological polar surface area (TPSA) is 73.4 Å². The van der Waals surface area contributed by atoms with Gasteiger partial charge in [-0.25, -0.2) is 4.68 Å². The number of carbonyl (C=O) groups excluding carboxylic acids is 1. The summed E-state index contributed by atoms with van der Waals surface area (Å²) >= 11 is 0. The number of ether oxygens (including phenoxy) is 1. The molecule has 25 heavy (non-hydrogen) atoms. The van der Waals surface area contributed by atoms with Crippen molar-refractivity contribution in [2.75, 3.05) is 13.7 Å². The van der Waals surface area contributed by atoms with E-state index in [-0.39, 0.29) is 17.9 Å². The highest BCUT2D eigenvalue weighted by molar-refractivity contribution is 5.84. The molecule has 7 heteroatoms. The van der Waals surface area contributed by atoms with Crippen molar-refractivity contribution >= 4 is 5.91 Å². The van der Waals surface area contributed by atoms with Crippen molar-refractivity contribution in [1.29, 1.82) is 0 Å². The fourth-order valence-electron chi connectivity index (χ4n) is 4.09. The first-order valence-corrected chi connectivity index (χ1v) is 8.67. The lowest BCUT2D eigenvalue weighted by Crippen LogP contribution is -2.34. The summed E-state index contributed by atoms with van der Waals surface area (Å²) in [6.45, 7) is 8.38. The number of aryl methyl sites for hydroxylation is 4. The highest BCUT2D eigenvalue weighted by atomic mass is 16.5. The standard InChI is InChI=1S/C18H26N4O3/c1-10(15-12(3)20-25-13(15)4)17(23)22-9-7-8-14(22)16-11(2)19-21(5)18(16)24-6/h10,14H,7-9H2,1-6H3/t10-,14+/m1/s1. The largest absolute Gasteiger partial charge is 0.481 e. The van der Waals surface area contributed by atoms with Gasteiger partial charge in [0.15, 0.2) is 0 Å². The van der Waals surface area contributed by atoms with Gasteiger partial charge in [-0.2, -0.15) is 5.10 Å². The summed E-state index contributed by atoms with van der Waals surface area (Å²) in [4.78, 5) is 15.2. The minimum Gasteiger partial charge on any atom is -0.481 e. The Morgan fingerprint density at radius 2 is 2.04 bits per heavy atom. The van der Waals surface area contributed by atoms with Gasteiger partial charge < -0.3 is 14.2 Å². The molecule has 2 atom stereocenters. The van der Waals surface area contributed by atoms with Gasteiger partial charge >= 0.3 is 0 Å². The van der Waals surface area contributed by atoms with Gasteiger partial charge in [0.05, 0.1) is 36.0 Å². The number of amides is 1. The minimum absolute atomic E-state index is 0.000859. The van der Waals surface area contributed by atoms with E-state index in [1.807, 2.05) is 39.6 Å². The lowest BCUT2D eigenvalue weighted by Gasteiger charge is -2.28. The van der Waals surface area contributed by atoms with Gasteiger partial charge in [-0.05, 0) is 40.5 Å². The van der Waals surface area contributed by atoms with Crippen LogP contribution in [0.15, 0.2) is 4.52 Å². The third-order valence-electron chi connectivity index (χ3n) is 5.17. The number of likely N-dealkylation sites (tertiary alicyclic amines) is 1. The molecule has 1 saturated heterocycles. The average Bonchev–Trinajstić information content (AvgIpc) is 3.23. The summed E-state index contributed by atoms with van der Waals surface area (Å²) in [5, 5.41) is 8.46. The van der Waals surface area contributed by atoms with E-state index in [9.17, 15) is 4.79 Å². The molecule has 0 saturated carbocycles. The first-order valence-electron chi connectivity index (χ1n) is 8.67. The lowest BCUT2D eigenvalue weighted by atomic mass is 9.96. The van der Waals surface area contributed by atoms with Crippen LogP contribution in [0.1, 0.15) is 60.0 Å². The highest BCUT2D eigenvalue weighted by Crippen LogP contribution is 2.40. The fraction of sp³-hybridized carbons (Fsp3) is 0.611. The summed E-state index contributed by atoms with van der Waals surface area (Å²) in [7, 11) is 3.51. The summed E-state index contributed by atoms with van der Waals surface area (Å²) in [6, 6.07) is -0.000859. The number of rotatable bonds is 4. The monoisotopic (exact) mass is 346 g/mol. The maximum Gasteiger partial charge on any atom is 0.230 e. The van der Waals surface area contributed by atoms with Crippen LogP contribution in [-0.2, 0) is 11.8 Å². The van der Waals surface area contributed by atoms with E-state index in [0.29, 0.717) is 5.76 Å². The number of hydrogen-bond donors (Lipinski definition) is 0. The molecule has 0 spiro atoms. The maximum atomic E-state index is 13.2. The van der Waals surface area contributed by atoms with Gasteiger partial charge in [0.25, 0.3) is 0 Å². The third-order valence-corrected chi connectivity index (χ3v) is 5.17. The predicted octanol–water partition coefficient (Wildman–Crippen LogP) is 2.81. The van der Waals surface area contributed by atoms with Crippen LogP contribution in [0.3, 0.4) is 0 Å². The predicted molar refractivity (Wildman–Crippen MR) is 92.6 cm³/mol. The van der Waals surface area contributed by atoms with Crippen LogP contribution in [0.4, 0.5) is 0 Å². The Morgan fingerprint density at radius 1 is 1.32 bits per heavy atom. The zero-order valence-electron chi connectivity index (χ0n) is 15.8. The summed E-state index contributed by atoms with van der Waals surface area (Å²) < 4.78 is 12.5. The molecule has 2 aromatic heterocycles. The molecular weight excluding hydrogens is 320 g/mol. The van der Waals surface area contributed by atoms with Gasteiger partial charge in [-0.1, -0.05) is 5.16 Å². The van der Waals surface area contributed by atoms with Gasteiger partial charge in [0.1, 0.15) is 5.76 Å². The SMILES string of the molecule is COc1c([C@@H]2CCCN2C(=O)[C@H](C)c2c(C)noc2C)c(C)nn1C. The minimum atomic E-state index is -0.283. The molecule has 0 N–H and O–H groups in total. The molecule has 2 aromatic rings. The molecule has 0 unspecified atom stereocenters. The number of methoxy groups -OCH3 is 1. The molecule has 1 amide bonds. The van der Waals surface area contributed by atoms with E-state index >= 15 is 0 Å². The van der Waals surface area contributed by atoms with Crippen LogP contribution in [0.5, 0.6) is 5.88 Å². The van der Waals surface area contributed by atoms with Gasteiger partial charge in [-0.3, -0.25) is 4.79 Å². The van der Waals surface area contributed by atoms with Crippen molar-refractivity contribution < 1.29 is 14.1 Å². The number of carbonyl (C=O) groups is 1. The van der Waals surface area contributed by atoms with Crippen molar-refractivity contribution in [3.8, 4) is 5.88 Å². The van der Waals surface area contributed by atoms with Crippen molar-refractivity contribution in [1.82, 2.24) is 19.8 Å². The van der Waals surface area contributed by atoms with Crippen LogP contribution in [0.25, 0.3) is 0 Å². The van der Waals surface area contributed by atoms with E-state index in [4.69, 9.17) is 9.26 Å². The Labute approximate surface area is 147 Å². The first-order chi connectivity index (χ1) is 11.9. The molecule has 3 rings (SSSR count). The Morgan fingerprint density at radius 3 is 2.64 bits per heavy atom. The molecule has 0 bridgehead atoms. The quantitative estimate of drug-likeness (QED) is 0.851. The Bertz CT molecular complexity index is 773. The van der Waals surface area contributed by atoms with Gasteiger partial charge in [-0.15, -0.1) is 0 Å². The van der Waals surface area contributed by atoms with Gasteiger partial charge in [0, 0.05) is 19.2 Å². The zero-order valence-corrected chi connectivity index (χ0v) is 15.8. The van der Waals surface area contributed by atoms with Crippen LogP contribution in [0, 0.1) is 20.8 Å². The third kappa shape index (κ3) is 2.81. The molecule has 1 aliphatic heterocycles. The Hall–Kier alpha value is -2.31. The Kier molecular flexibility index (Phi) is 4.58. The number of aromatic nitrogens is 3. The fourth-order valence-corrected chi connectivity index (χ4v) is 4.09. The molecule has 0 aromatic carbocycles. The molecule has 0 aliphatic carbocycles. The molecule has 136 valence electrons. The smallest absolute Gasteiger partial charge is 0.230 e. The second-order valence-corrected chi connectivity index (χ2v) is 6.78. The summed E-state index contributed by atoms with van der Waals surface area (Å²) in [6.07, 6.45) is 1.89. The normalized spacial score (nSPS) is 18.6. The maximum absolute atomic E-state index is 13.2. The summed E-state index contributed by atoms with van der Waals surface area (Å²) in [5.41, 5.74) is 3.60. The van der Waals surface area contributed by atoms with Crippen molar-refractivity contribution in [3.63, 3.8) is 0 Å². The van der Waals surface area contributed by atoms with E-state index in [1.165, 1.54) is 0 Å². The first kappa shape index (κ1) is 17.5. The van der Waals surface area contributed by atoms with Crippen molar-refractivity contribution in [2.24, 2.45) is 7.05 Å².